The van der Waals surface area contributed by atoms with Crippen LogP contribution >= 0.6 is 67.8 Å². The van der Waals surface area contributed by atoms with Crippen LogP contribution < -0.4 is 10.6 Å². The zero-order chi connectivity index (χ0) is 39.0. The van der Waals surface area contributed by atoms with Crippen LogP contribution in [-0.2, 0) is 14.3 Å². The van der Waals surface area contributed by atoms with Crippen LogP contribution in [0.5, 0.6) is 0 Å². The van der Waals surface area contributed by atoms with Crippen LogP contribution in [-0.4, -0.2) is 36.0 Å². The molecular formula is C44H65I3N2O4. The van der Waals surface area contributed by atoms with Crippen LogP contribution in [0.3, 0.4) is 0 Å². The third kappa shape index (κ3) is 9.48. The fraction of sp³-hybridized carbons (Fsp3) is 0.750. The molecule has 4 aliphatic rings. The number of nitrogens with one attached hydrogen (secondary N) is 2. The first kappa shape index (κ1) is 43.7. The molecule has 0 aromatic heterocycles. The van der Waals surface area contributed by atoms with Crippen LogP contribution in [0.25, 0.3) is 0 Å². The summed E-state index contributed by atoms with van der Waals surface area (Å²) in [6.07, 6.45) is 15.8. The number of hydrogen-bond acceptors (Lipinski definition) is 4. The maximum Gasteiger partial charge on any atom is 0.329 e. The molecule has 3 unspecified atom stereocenters. The predicted octanol–water partition coefficient (Wildman–Crippen LogP) is 11.3. The molecule has 0 aliphatic heterocycles. The molecule has 0 saturated heterocycles. The third-order valence-corrected chi connectivity index (χ3v) is 17.9. The number of carbonyl (C=O) groups is 3. The monoisotopic (exact) mass is 1070 g/mol. The summed E-state index contributed by atoms with van der Waals surface area (Å²) in [7, 11) is 0. The highest BCUT2D eigenvalue weighted by atomic mass is 127. The first-order valence-corrected chi connectivity index (χ1v) is 23.8. The Morgan fingerprint density at radius 3 is 2.21 bits per heavy atom. The van der Waals surface area contributed by atoms with Gasteiger partial charge in [0.15, 0.2) is 0 Å². The summed E-state index contributed by atoms with van der Waals surface area (Å²) in [5.74, 6) is 3.40. The van der Waals surface area contributed by atoms with E-state index in [1.54, 1.807) is 0 Å². The van der Waals surface area contributed by atoms with E-state index in [9.17, 15) is 14.4 Å². The SMILES string of the molecule is CC(C)CCC[C@@H](C)[C@H]1CCC2C3CC=C4C[C@@H](OC(=O)[C@H](NC(=O)[C@H](NC(=O)c5cc(I)cc(I)c5I)C(C)C)C(C)C)CC[C@]4(C)C3CC[C@@]21C. The van der Waals surface area contributed by atoms with E-state index in [4.69, 9.17) is 4.74 Å². The van der Waals surface area contributed by atoms with Crippen molar-refractivity contribution in [2.24, 2.45) is 58.2 Å². The number of esters is 1. The van der Waals surface area contributed by atoms with Crippen molar-refractivity contribution in [2.75, 3.05) is 0 Å². The van der Waals surface area contributed by atoms with Gasteiger partial charge < -0.3 is 15.4 Å². The largest absolute Gasteiger partial charge is 0.461 e. The number of allylic oxidation sites excluding steroid dienone is 1. The summed E-state index contributed by atoms with van der Waals surface area (Å²) >= 11 is 6.61. The van der Waals surface area contributed by atoms with Crippen LogP contribution in [0, 0.1) is 68.9 Å². The fourth-order valence-electron chi connectivity index (χ4n) is 11.2. The lowest BCUT2D eigenvalue weighted by Gasteiger charge is -2.58. The summed E-state index contributed by atoms with van der Waals surface area (Å²) < 4.78 is 9.07. The van der Waals surface area contributed by atoms with E-state index in [1.807, 2.05) is 39.8 Å². The van der Waals surface area contributed by atoms with E-state index >= 15 is 0 Å². The van der Waals surface area contributed by atoms with Gasteiger partial charge in [0.1, 0.15) is 18.2 Å². The lowest BCUT2D eigenvalue weighted by Crippen LogP contribution is -2.55. The maximum absolute atomic E-state index is 13.8. The van der Waals surface area contributed by atoms with E-state index in [0.29, 0.717) is 16.9 Å². The second-order valence-corrected chi connectivity index (χ2v) is 22.3. The Morgan fingerprint density at radius 2 is 1.55 bits per heavy atom. The van der Waals surface area contributed by atoms with Crippen molar-refractivity contribution in [3.8, 4) is 0 Å². The lowest BCUT2D eigenvalue weighted by molar-refractivity contribution is -0.157. The van der Waals surface area contributed by atoms with E-state index < -0.39 is 12.1 Å². The van der Waals surface area contributed by atoms with Crippen molar-refractivity contribution in [1.82, 2.24) is 10.6 Å². The number of ether oxygens (including phenoxy) is 1. The summed E-state index contributed by atoms with van der Waals surface area (Å²) in [4.78, 5) is 40.9. The van der Waals surface area contributed by atoms with E-state index in [-0.39, 0.29) is 41.1 Å². The summed E-state index contributed by atoms with van der Waals surface area (Å²) in [5.41, 5.74) is 2.69. The molecular weight excluding hydrogens is 1000 g/mol. The Kier molecular flexibility index (Phi) is 14.8. The van der Waals surface area contributed by atoms with Gasteiger partial charge in [0.25, 0.3) is 5.91 Å². The zero-order valence-electron chi connectivity index (χ0n) is 33.6. The second kappa shape index (κ2) is 18.0. The van der Waals surface area contributed by atoms with Crippen molar-refractivity contribution < 1.29 is 19.1 Å². The van der Waals surface area contributed by atoms with Crippen LogP contribution in [0.15, 0.2) is 23.8 Å². The van der Waals surface area contributed by atoms with Gasteiger partial charge in [0, 0.05) is 17.1 Å². The molecule has 0 spiro atoms. The standard InChI is InChI=1S/C44H65I3N2O4/c1-24(2)11-10-12-27(7)33-15-16-34-31-14-13-28-21-30(17-19-43(28,8)35(31)18-20-44(33,34)9)53-42(52)39(26(5)6)49-41(51)38(25(3)4)48-40(50)32-22-29(45)23-36(46)37(32)47/h13,22-27,30-31,33-35,38-39H,10-12,14-21H2,1-9H3,(H,48,50)(H,49,51)/t27-,30+,31?,33-,34?,35?,38-,39-,43+,44-/m1/s1. The van der Waals surface area contributed by atoms with Crippen molar-refractivity contribution in [2.45, 2.75) is 151 Å². The molecule has 5 rings (SSSR count). The van der Waals surface area contributed by atoms with Crippen LogP contribution in [0.1, 0.15) is 143 Å². The Hall–Kier alpha value is -0.440. The summed E-state index contributed by atoms with van der Waals surface area (Å²) in [6.45, 7) is 20.1. The van der Waals surface area contributed by atoms with Gasteiger partial charge in [0.05, 0.1) is 5.56 Å². The van der Waals surface area contributed by atoms with Gasteiger partial charge in [-0.2, -0.15) is 0 Å². The molecule has 53 heavy (non-hydrogen) atoms. The Labute approximate surface area is 361 Å². The molecule has 2 amide bonds. The average Bonchev–Trinajstić information content (AvgIpc) is 3.44. The third-order valence-electron chi connectivity index (χ3n) is 14.2. The molecule has 3 fully saturated rings. The van der Waals surface area contributed by atoms with Gasteiger partial charge in [-0.15, -0.1) is 0 Å². The van der Waals surface area contributed by atoms with Crippen molar-refractivity contribution in [1.29, 1.82) is 0 Å². The molecule has 0 radical (unpaired) electrons. The molecule has 296 valence electrons. The Balaban J connectivity index is 1.21. The minimum absolute atomic E-state index is 0.165. The minimum Gasteiger partial charge on any atom is -0.461 e. The van der Waals surface area contributed by atoms with Gasteiger partial charge >= 0.3 is 5.97 Å². The number of amides is 2. The van der Waals surface area contributed by atoms with Gasteiger partial charge in [-0.3, -0.25) is 9.59 Å². The van der Waals surface area contributed by atoms with Gasteiger partial charge in [-0.05, 0) is 183 Å². The molecule has 2 N–H and O–H groups in total. The number of benzene rings is 1. The molecule has 10 atom stereocenters. The van der Waals surface area contributed by atoms with Gasteiger partial charge in [-0.25, -0.2) is 4.79 Å². The molecule has 3 saturated carbocycles. The molecule has 4 aliphatic carbocycles. The Bertz CT molecular complexity index is 1540. The first-order chi connectivity index (χ1) is 24.9. The van der Waals surface area contributed by atoms with Crippen LogP contribution in [0.4, 0.5) is 0 Å². The highest BCUT2D eigenvalue weighted by molar-refractivity contribution is 14.1. The smallest absolute Gasteiger partial charge is 0.329 e. The van der Waals surface area contributed by atoms with E-state index in [1.165, 1.54) is 50.5 Å². The first-order valence-electron chi connectivity index (χ1n) is 20.5. The summed E-state index contributed by atoms with van der Waals surface area (Å²) in [6, 6.07) is 2.27. The van der Waals surface area contributed by atoms with Gasteiger partial charge in [-0.1, -0.05) is 93.2 Å². The number of halogens is 3. The van der Waals surface area contributed by atoms with Crippen molar-refractivity contribution in [3.63, 3.8) is 0 Å². The number of fused-ring (bicyclic) bond motifs is 5. The molecule has 6 nitrogen and oxygen atoms in total. The molecule has 1 aromatic carbocycles. The molecule has 9 heteroatoms. The number of carbonyl (C=O) groups excluding carboxylic acids is 3. The van der Waals surface area contributed by atoms with Crippen LogP contribution in [0.2, 0.25) is 0 Å². The quantitative estimate of drug-likeness (QED) is 0.0892. The van der Waals surface area contributed by atoms with E-state index in [2.05, 4.69) is 119 Å². The lowest BCUT2D eigenvalue weighted by atomic mass is 9.47. The second-order valence-electron chi connectivity index (χ2n) is 18.8. The topological polar surface area (TPSA) is 84.5 Å². The predicted molar refractivity (Wildman–Crippen MR) is 240 cm³/mol. The molecule has 0 bridgehead atoms. The normalized spacial score (nSPS) is 31.2. The minimum atomic E-state index is -0.795. The van der Waals surface area contributed by atoms with Crippen molar-refractivity contribution in [3.05, 3.63) is 40.1 Å². The zero-order valence-corrected chi connectivity index (χ0v) is 40.1. The van der Waals surface area contributed by atoms with Gasteiger partial charge in [0.2, 0.25) is 5.91 Å². The number of hydrogen-bond donors (Lipinski definition) is 2. The number of rotatable bonds is 13. The Morgan fingerprint density at radius 1 is 0.849 bits per heavy atom. The summed E-state index contributed by atoms with van der Waals surface area (Å²) in [5, 5.41) is 5.95. The molecule has 0 heterocycles. The highest BCUT2D eigenvalue weighted by Gasteiger charge is 2.59. The molecule has 1 aromatic rings. The average molecular weight is 1070 g/mol. The fourth-order valence-corrected chi connectivity index (χ4v) is 13.6. The van der Waals surface area contributed by atoms with Crippen molar-refractivity contribution >= 4 is 85.6 Å². The highest BCUT2D eigenvalue weighted by Crippen LogP contribution is 2.67. The maximum atomic E-state index is 13.8. The van der Waals surface area contributed by atoms with E-state index in [0.717, 1.165) is 66.0 Å².